The van der Waals surface area contributed by atoms with Crippen LogP contribution in [0.2, 0.25) is 0 Å². The third kappa shape index (κ3) is 3.43. The van der Waals surface area contributed by atoms with E-state index in [1.807, 2.05) is 19.1 Å². The van der Waals surface area contributed by atoms with Gasteiger partial charge in [0.15, 0.2) is 0 Å². The lowest BCUT2D eigenvalue weighted by atomic mass is 9.97. The summed E-state index contributed by atoms with van der Waals surface area (Å²) in [6, 6.07) is 7.00. The van der Waals surface area contributed by atoms with Crippen LogP contribution in [0.25, 0.3) is 0 Å². The van der Waals surface area contributed by atoms with Gasteiger partial charge in [-0.2, -0.15) is 0 Å². The predicted octanol–water partition coefficient (Wildman–Crippen LogP) is 1.18. The molecule has 0 spiro atoms. The number of hydrogen-bond donors (Lipinski definition) is 4. The van der Waals surface area contributed by atoms with E-state index in [0.29, 0.717) is 0 Å². The number of hydrogen-bond acceptors (Lipinski definition) is 4. The third-order valence-electron chi connectivity index (χ3n) is 2.94. The molecule has 4 nitrogen and oxygen atoms in total. The van der Waals surface area contributed by atoms with Crippen LogP contribution in [0.1, 0.15) is 31.9 Å². The molecule has 17 heavy (non-hydrogen) atoms. The summed E-state index contributed by atoms with van der Waals surface area (Å²) < 4.78 is 0. The van der Waals surface area contributed by atoms with Gasteiger partial charge in [-0.15, -0.1) is 0 Å². The molecule has 1 aromatic carbocycles. The Kier molecular flexibility index (Phi) is 4.93. The van der Waals surface area contributed by atoms with Crippen molar-refractivity contribution >= 4 is 0 Å². The van der Waals surface area contributed by atoms with Gasteiger partial charge in [-0.25, -0.2) is 0 Å². The van der Waals surface area contributed by atoms with Gasteiger partial charge < -0.3 is 20.6 Å². The molecule has 1 rings (SSSR count). The van der Waals surface area contributed by atoms with Crippen LogP contribution < -0.4 is 5.32 Å². The number of aromatic hydroxyl groups is 1. The first-order valence-corrected chi connectivity index (χ1v) is 5.83. The summed E-state index contributed by atoms with van der Waals surface area (Å²) in [7, 11) is 0. The smallest absolute Gasteiger partial charge is 0.120 e. The Morgan fingerprint density at radius 1 is 1.24 bits per heavy atom. The SMILES string of the molecule is CCC(NC(C)(CO)CO)c1ccccc1O. The van der Waals surface area contributed by atoms with Gasteiger partial charge in [0.25, 0.3) is 0 Å². The number of phenolic OH excluding ortho intramolecular Hbond substituents is 1. The van der Waals surface area contributed by atoms with E-state index in [1.165, 1.54) is 0 Å². The van der Waals surface area contributed by atoms with Gasteiger partial charge in [0, 0.05) is 11.6 Å². The molecule has 0 aromatic heterocycles. The minimum atomic E-state index is -0.747. The molecule has 4 N–H and O–H groups in total. The Bertz CT molecular complexity index is 350. The number of para-hydroxylation sites is 1. The zero-order chi connectivity index (χ0) is 12.9. The van der Waals surface area contributed by atoms with E-state index < -0.39 is 5.54 Å². The molecule has 0 aliphatic heterocycles. The fourth-order valence-corrected chi connectivity index (χ4v) is 1.74. The Balaban J connectivity index is 2.90. The minimum absolute atomic E-state index is 0.0968. The lowest BCUT2D eigenvalue weighted by molar-refractivity contribution is 0.0929. The van der Waals surface area contributed by atoms with Crippen molar-refractivity contribution in [2.75, 3.05) is 13.2 Å². The topological polar surface area (TPSA) is 72.7 Å². The predicted molar refractivity (Wildman–Crippen MR) is 66.9 cm³/mol. The summed E-state index contributed by atoms with van der Waals surface area (Å²) in [4.78, 5) is 0. The quantitative estimate of drug-likeness (QED) is 0.601. The standard InChI is InChI=1S/C13H21NO3/c1-3-11(14-13(2,8-15)9-16)10-6-4-5-7-12(10)17/h4-7,11,14-17H,3,8-9H2,1-2H3. The zero-order valence-corrected chi connectivity index (χ0v) is 10.3. The summed E-state index contributed by atoms with van der Waals surface area (Å²) in [6.07, 6.45) is 0.757. The van der Waals surface area contributed by atoms with Crippen LogP contribution in [0.5, 0.6) is 5.75 Å². The van der Waals surface area contributed by atoms with Gasteiger partial charge >= 0.3 is 0 Å². The molecule has 0 bridgehead atoms. The molecule has 1 aromatic rings. The molecule has 96 valence electrons. The molecule has 0 saturated carbocycles. The molecule has 0 radical (unpaired) electrons. The van der Waals surface area contributed by atoms with Gasteiger partial charge in [0.2, 0.25) is 0 Å². The van der Waals surface area contributed by atoms with E-state index in [9.17, 15) is 15.3 Å². The van der Waals surface area contributed by atoms with Crippen molar-refractivity contribution < 1.29 is 15.3 Å². The van der Waals surface area contributed by atoms with Crippen molar-refractivity contribution in [3.05, 3.63) is 29.8 Å². The number of rotatable bonds is 6. The maximum absolute atomic E-state index is 9.79. The average molecular weight is 239 g/mol. The normalized spacial score (nSPS) is 13.6. The van der Waals surface area contributed by atoms with Crippen molar-refractivity contribution in [1.82, 2.24) is 5.32 Å². The summed E-state index contributed by atoms with van der Waals surface area (Å²) in [5.74, 6) is 0.227. The maximum atomic E-state index is 9.79. The van der Waals surface area contributed by atoms with E-state index in [0.717, 1.165) is 12.0 Å². The number of aliphatic hydroxyl groups excluding tert-OH is 2. The van der Waals surface area contributed by atoms with Gasteiger partial charge in [-0.1, -0.05) is 25.1 Å². The van der Waals surface area contributed by atoms with Crippen LogP contribution in [0.15, 0.2) is 24.3 Å². The van der Waals surface area contributed by atoms with Gasteiger partial charge in [-0.05, 0) is 19.4 Å². The molecule has 4 heteroatoms. The van der Waals surface area contributed by atoms with E-state index >= 15 is 0 Å². The lowest BCUT2D eigenvalue weighted by Crippen LogP contribution is -2.50. The second kappa shape index (κ2) is 6.00. The van der Waals surface area contributed by atoms with E-state index in [-0.39, 0.29) is 25.0 Å². The lowest BCUT2D eigenvalue weighted by Gasteiger charge is -2.32. The van der Waals surface area contributed by atoms with Crippen LogP contribution in [-0.4, -0.2) is 34.1 Å². The number of aliphatic hydroxyl groups is 2. The van der Waals surface area contributed by atoms with Crippen LogP contribution >= 0.6 is 0 Å². The van der Waals surface area contributed by atoms with Gasteiger partial charge in [0.1, 0.15) is 5.75 Å². The van der Waals surface area contributed by atoms with Crippen LogP contribution in [-0.2, 0) is 0 Å². The molecule has 1 atom stereocenters. The molecular formula is C13H21NO3. The summed E-state index contributed by atoms with van der Waals surface area (Å²) in [6.45, 7) is 3.41. The number of phenols is 1. The zero-order valence-electron chi connectivity index (χ0n) is 10.3. The highest BCUT2D eigenvalue weighted by molar-refractivity contribution is 5.34. The highest BCUT2D eigenvalue weighted by Crippen LogP contribution is 2.27. The Morgan fingerprint density at radius 2 is 1.82 bits per heavy atom. The molecule has 0 amide bonds. The van der Waals surface area contributed by atoms with Crippen molar-refractivity contribution in [2.24, 2.45) is 0 Å². The van der Waals surface area contributed by atoms with Crippen molar-refractivity contribution in [1.29, 1.82) is 0 Å². The highest BCUT2D eigenvalue weighted by atomic mass is 16.3. The van der Waals surface area contributed by atoms with Crippen molar-refractivity contribution in [3.8, 4) is 5.75 Å². The van der Waals surface area contributed by atoms with Crippen LogP contribution in [0.4, 0.5) is 0 Å². The Labute approximate surface area is 102 Å². The Morgan fingerprint density at radius 3 is 2.29 bits per heavy atom. The highest BCUT2D eigenvalue weighted by Gasteiger charge is 2.26. The molecule has 0 heterocycles. The molecule has 0 aliphatic rings. The van der Waals surface area contributed by atoms with E-state index in [1.54, 1.807) is 19.1 Å². The van der Waals surface area contributed by atoms with E-state index in [4.69, 9.17) is 0 Å². The summed E-state index contributed by atoms with van der Waals surface area (Å²) in [5.41, 5.74) is 0.0336. The summed E-state index contributed by atoms with van der Waals surface area (Å²) >= 11 is 0. The van der Waals surface area contributed by atoms with Crippen LogP contribution in [0, 0.1) is 0 Å². The first-order chi connectivity index (χ1) is 8.06. The monoisotopic (exact) mass is 239 g/mol. The fraction of sp³-hybridized carbons (Fsp3) is 0.538. The maximum Gasteiger partial charge on any atom is 0.120 e. The van der Waals surface area contributed by atoms with Gasteiger partial charge in [-0.3, -0.25) is 0 Å². The number of benzene rings is 1. The first-order valence-electron chi connectivity index (χ1n) is 5.83. The minimum Gasteiger partial charge on any atom is -0.508 e. The second-order valence-electron chi connectivity index (χ2n) is 4.54. The third-order valence-corrected chi connectivity index (χ3v) is 2.94. The molecular weight excluding hydrogens is 218 g/mol. The summed E-state index contributed by atoms with van der Waals surface area (Å²) in [5, 5.41) is 31.5. The molecule has 0 aliphatic carbocycles. The first kappa shape index (κ1) is 14.0. The van der Waals surface area contributed by atoms with Crippen molar-refractivity contribution in [3.63, 3.8) is 0 Å². The molecule has 0 saturated heterocycles. The average Bonchev–Trinajstić information content (AvgIpc) is 2.37. The van der Waals surface area contributed by atoms with Gasteiger partial charge in [0.05, 0.1) is 18.8 Å². The van der Waals surface area contributed by atoms with Crippen molar-refractivity contribution in [2.45, 2.75) is 31.8 Å². The van der Waals surface area contributed by atoms with E-state index in [2.05, 4.69) is 5.32 Å². The largest absolute Gasteiger partial charge is 0.508 e. The van der Waals surface area contributed by atoms with Crippen LogP contribution in [0.3, 0.4) is 0 Å². The Hall–Kier alpha value is -1.10. The fourth-order valence-electron chi connectivity index (χ4n) is 1.74. The molecule has 0 fully saturated rings. The molecule has 1 unspecified atom stereocenters. The number of nitrogens with one attached hydrogen (secondary N) is 1. The second-order valence-corrected chi connectivity index (χ2v) is 4.54.